The van der Waals surface area contributed by atoms with Crippen molar-refractivity contribution in [2.45, 2.75) is 0 Å². The van der Waals surface area contributed by atoms with Gasteiger partial charge in [0.05, 0.1) is 5.92 Å². The number of carbonyl (C=O) groups excluding carboxylic acids is 1. The molecule has 0 fully saturated rings. The zero-order valence-electron chi connectivity index (χ0n) is 7.77. The molecule has 0 aromatic carbocycles. The van der Waals surface area contributed by atoms with Crippen molar-refractivity contribution in [3.8, 4) is 0 Å². The topological polar surface area (TPSA) is 70.0 Å². The summed E-state index contributed by atoms with van der Waals surface area (Å²) in [5.74, 6) is -1.73. The standard InChI is InChI=1S/C9H7BrN2O3/c1-12-3-5(10)4-2-6(9(14)15)11-7(4)8(12)13/h2-4H,1H3,(H,14,15). The van der Waals surface area contributed by atoms with Crippen molar-refractivity contribution in [1.29, 1.82) is 0 Å². The number of allylic oxidation sites excluding steroid dienone is 2. The van der Waals surface area contributed by atoms with Crippen molar-refractivity contribution in [2.75, 3.05) is 7.05 Å². The summed E-state index contributed by atoms with van der Waals surface area (Å²) in [5, 5.41) is 8.76. The van der Waals surface area contributed by atoms with Crippen LogP contribution in [0.5, 0.6) is 0 Å². The van der Waals surface area contributed by atoms with E-state index in [0.717, 1.165) is 4.48 Å². The van der Waals surface area contributed by atoms with Crippen LogP contribution in [0.2, 0.25) is 0 Å². The molecule has 15 heavy (non-hydrogen) atoms. The number of nitrogens with zero attached hydrogens (tertiary/aromatic N) is 2. The number of hydrogen-bond donors (Lipinski definition) is 1. The van der Waals surface area contributed by atoms with E-state index < -0.39 is 5.97 Å². The van der Waals surface area contributed by atoms with E-state index in [0.29, 0.717) is 0 Å². The number of halogens is 1. The zero-order valence-corrected chi connectivity index (χ0v) is 9.35. The molecule has 1 atom stereocenters. The number of aliphatic imine (C=N–C) groups is 1. The zero-order chi connectivity index (χ0) is 11.2. The third kappa shape index (κ3) is 1.50. The normalized spacial score (nSPS) is 24.4. The van der Waals surface area contributed by atoms with E-state index >= 15 is 0 Å². The van der Waals surface area contributed by atoms with Gasteiger partial charge in [-0.25, -0.2) is 9.79 Å². The Bertz CT molecular complexity index is 450. The maximum Gasteiger partial charge on any atom is 0.354 e. The second-order valence-corrected chi connectivity index (χ2v) is 4.18. The largest absolute Gasteiger partial charge is 0.477 e. The molecule has 0 aromatic rings. The second-order valence-electron chi connectivity index (χ2n) is 3.26. The van der Waals surface area contributed by atoms with E-state index in [1.165, 1.54) is 11.0 Å². The first-order valence-corrected chi connectivity index (χ1v) is 4.98. The monoisotopic (exact) mass is 270 g/mol. The lowest BCUT2D eigenvalue weighted by Crippen LogP contribution is -2.36. The second kappa shape index (κ2) is 3.30. The van der Waals surface area contributed by atoms with Gasteiger partial charge in [-0.2, -0.15) is 0 Å². The number of amides is 1. The molecule has 2 rings (SSSR count). The smallest absolute Gasteiger partial charge is 0.354 e. The number of carboxylic acids is 1. The molecule has 5 nitrogen and oxygen atoms in total. The Labute approximate surface area is 93.9 Å². The summed E-state index contributed by atoms with van der Waals surface area (Å²) >= 11 is 3.29. The lowest BCUT2D eigenvalue weighted by Gasteiger charge is -2.22. The number of carbonyl (C=O) groups is 2. The van der Waals surface area contributed by atoms with Crippen LogP contribution in [0.25, 0.3) is 0 Å². The molecule has 2 aliphatic heterocycles. The molecule has 1 unspecified atom stereocenters. The molecule has 2 heterocycles. The average Bonchev–Trinajstić information content (AvgIpc) is 2.59. The third-order valence-corrected chi connectivity index (χ3v) is 2.93. The third-order valence-electron chi connectivity index (χ3n) is 2.23. The van der Waals surface area contributed by atoms with Crippen LogP contribution in [0.4, 0.5) is 0 Å². The Hall–Kier alpha value is -1.43. The fourth-order valence-electron chi connectivity index (χ4n) is 1.49. The lowest BCUT2D eigenvalue weighted by molar-refractivity contribution is -0.132. The summed E-state index contributed by atoms with van der Waals surface area (Å²) < 4.78 is 0.736. The molecule has 0 saturated carbocycles. The first-order valence-electron chi connectivity index (χ1n) is 4.19. The van der Waals surface area contributed by atoms with Gasteiger partial charge < -0.3 is 10.0 Å². The molecule has 1 N–H and O–H groups in total. The Kier molecular flexibility index (Phi) is 2.22. The molecule has 6 heteroatoms. The Morgan fingerprint density at radius 2 is 2.33 bits per heavy atom. The van der Waals surface area contributed by atoms with Gasteiger partial charge in [-0.05, 0) is 6.08 Å². The highest BCUT2D eigenvalue weighted by Gasteiger charge is 2.35. The maximum atomic E-state index is 11.6. The van der Waals surface area contributed by atoms with Crippen LogP contribution < -0.4 is 0 Å². The van der Waals surface area contributed by atoms with Crippen molar-refractivity contribution in [3.05, 3.63) is 22.5 Å². The summed E-state index contributed by atoms with van der Waals surface area (Å²) in [4.78, 5) is 27.5. The Balaban J connectivity index is 2.46. The SMILES string of the molecule is CN1C=C(Br)C2C=C(C(=O)O)N=C2C1=O. The van der Waals surface area contributed by atoms with Gasteiger partial charge in [0.2, 0.25) is 0 Å². The van der Waals surface area contributed by atoms with Crippen LogP contribution in [0, 0.1) is 5.92 Å². The van der Waals surface area contributed by atoms with Crippen LogP contribution >= 0.6 is 15.9 Å². The van der Waals surface area contributed by atoms with Crippen molar-refractivity contribution >= 4 is 33.5 Å². The fraction of sp³-hybridized carbons (Fsp3) is 0.222. The first-order chi connectivity index (χ1) is 7.00. The molecule has 0 aromatic heterocycles. The molecular formula is C9H7BrN2O3. The molecule has 0 saturated heterocycles. The van der Waals surface area contributed by atoms with Gasteiger partial charge >= 0.3 is 5.97 Å². The lowest BCUT2D eigenvalue weighted by atomic mass is 10.0. The minimum absolute atomic E-state index is 0.0796. The van der Waals surface area contributed by atoms with Crippen LogP contribution in [0.1, 0.15) is 0 Å². The molecule has 0 spiro atoms. The van der Waals surface area contributed by atoms with Crippen LogP contribution in [0.15, 0.2) is 27.4 Å². The van der Waals surface area contributed by atoms with Crippen molar-refractivity contribution in [2.24, 2.45) is 10.9 Å². The van der Waals surface area contributed by atoms with Gasteiger partial charge in [-0.3, -0.25) is 4.79 Å². The number of aliphatic carboxylic acids is 1. The summed E-state index contributed by atoms with van der Waals surface area (Å²) in [6.07, 6.45) is 3.08. The quantitative estimate of drug-likeness (QED) is 0.764. The van der Waals surface area contributed by atoms with Gasteiger partial charge in [0.25, 0.3) is 5.91 Å². The molecule has 78 valence electrons. The van der Waals surface area contributed by atoms with Crippen LogP contribution in [-0.2, 0) is 9.59 Å². The van der Waals surface area contributed by atoms with E-state index in [1.807, 2.05) is 0 Å². The number of carboxylic acid groups (broad SMARTS) is 1. The summed E-state index contributed by atoms with van der Waals surface area (Å²) in [6.45, 7) is 0. The molecular weight excluding hydrogens is 264 g/mol. The Morgan fingerprint density at radius 3 is 2.93 bits per heavy atom. The van der Waals surface area contributed by atoms with E-state index in [-0.39, 0.29) is 23.2 Å². The van der Waals surface area contributed by atoms with E-state index in [9.17, 15) is 9.59 Å². The number of fused-ring (bicyclic) bond motifs is 1. The fourth-order valence-corrected chi connectivity index (χ4v) is 2.14. The molecule has 0 bridgehead atoms. The van der Waals surface area contributed by atoms with Gasteiger partial charge in [0, 0.05) is 17.7 Å². The highest BCUT2D eigenvalue weighted by molar-refractivity contribution is 9.11. The predicted octanol–water partition coefficient (Wildman–Crippen LogP) is 0.734. The predicted molar refractivity (Wildman–Crippen MR) is 56.4 cm³/mol. The minimum atomic E-state index is -1.12. The van der Waals surface area contributed by atoms with Crippen molar-refractivity contribution < 1.29 is 14.7 Å². The van der Waals surface area contributed by atoms with Gasteiger partial charge in [0.15, 0.2) is 0 Å². The van der Waals surface area contributed by atoms with Gasteiger partial charge in [-0.15, -0.1) is 0 Å². The van der Waals surface area contributed by atoms with Gasteiger partial charge in [0.1, 0.15) is 11.4 Å². The van der Waals surface area contributed by atoms with Crippen molar-refractivity contribution in [1.82, 2.24) is 4.90 Å². The highest BCUT2D eigenvalue weighted by atomic mass is 79.9. The maximum absolute atomic E-state index is 11.6. The summed E-state index contributed by atoms with van der Waals surface area (Å²) in [6, 6.07) is 0. The van der Waals surface area contributed by atoms with Crippen LogP contribution in [-0.4, -0.2) is 34.6 Å². The summed E-state index contributed by atoms with van der Waals surface area (Å²) in [7, 11) is 1.60. The number of rotatable bonds is 1. The average molecular weight is 271 g/mol. The molecule has 0 radical (unpaired) electrons. The summed E-state index contributed by atoms with van der Waals surface area (Å²) in [5.41, 5.74) is 0.174. The van der Waals surface area contributed by atoms with E-state index in [2.05, 4.69) is 20.9 Å². The van der Waals surface area contributed by atoms with Crippen molar-refractivity contribution in [3.63, 3.8) is 0 Å². The number of hydrogen-bond acceptors (Lipinski definition) is 3. The molecule has 2 aliphatic rings. The van der Waals surface area contributed by atoms with Crippen LogP contribution in [0.3, 0.4) is 0 Å². The molecule has 1 amide bonds. The highest BCUT2D eigenvalue weighted by Crippen LogP contribution is 2.32. The van der Waals surface area contributed by atoms with E-state index in [1.54, 1.807) is 13.2 Å². The van der Waals surface area contributed by atoms with E-state index in [4.69, 9.17) is 5.11 Å². The Morgan fingerprint density at radius 1 is 1.67 bits per heavy atom. The molecule has 0 aliphatic carbocycles. The van der Waals surface area contributed by atoms with Gasteiger partial charge in [-0.1, -0.05) is 15.9 Å². The first kappa shape index (κ1) is 10.1. The minimum Gasteiger partial charge on any atom is -0.477 e.